The minimum Gasteiger partial charge on any atom is -0.371 e. The highest BCUT2D eigenvalue weighted by molar-refractivity contribution is 5.97. The number of fused-ring (bicyclic) bond motifs is 1. The van der Waals surface area contributed by atoms with Crippen molar-refractivity contribution in [3.05, 3.63) is 55.1 Å². The van der Waals surface area contributed by atoms with Gasteiger partial charge >= 0.3 is 6.18 Å². The summed E-state index contributed by atoms with van der Waals surface area (Å²) in [6, 6.07) is 9.09. The molecular weight excluding hydrogens is 315 g/mol. The van der Waals surface area contributed by atoms with Crippen LogP contribution in [0.4, 0.5) is 18.9 Å². The third-order valence-electron chi connectivity index (χ3n) is 4.43. The van der Waals surface area contributed by atoms with Gasteiger partial charge in [-0.15, -0.1) is 0 Å². The number of alkyl halides is 3. The minimum atomic E-state index is -4.26. The van der Waals surface area contributed by atoms with Crippen molar-refractivity contribution in [3.63, 3.8) is 0 Å². The number of aromatic nitrogens is 2. The minimum absolute atomic E-state index is 0.0998. The molecule has 0 bridgehead atoms. The molecule has 24 heavy (non-hydrogen) atoms. The van der Waals surface area contributed by atoms with Gasteiger partial charge < -0.3 is 5.32 Å². The normalized spacial score (nSPS) is 16.1. The molecule has 0 spiro atoms. The maximum Gasteiger partial charge on any atom is 0.411 e. The molecule has 1 aliphatic rings. The second-order valence-corrected chi connectivity index (χ2v) is 6.06. The molecule has 0 radical (unpaired) electrons. The Morgan fingerprint density at radius 1 is 0.917 bits per heavy atom. The zero-order valence-corrected chi connectivity index (χ0v) is 12.6. The first-order valence-corrected chi connectivity index (χ1v) is 7.62. The van der Waals surface area contributed by atoms with Crippen molar-refractivity contribution in [2.45, 2.75) is 24.6 Å². The van der Waals surface area contributed by atoms with Crippen molar-refractivity contribution in [3.8, 4) is 11.1 Å². The summed E-state index contributed by atoms with van der Waals surface area (Å²) in [5.41, 5.74) is 0.408. The van der Waals surface area contributed by atoms with Crippen molar-refractivity contribution >= 4 is 16.5 Å². The molecule has 0 aliphatic heterocycles. The summed E-state index contributed by atoms with van der Waals surface area (Å²) in [4.78, 5) is 8.07. The highest BCUT2D eigenvalue weighted by Gasteiger charge is 2.63. The molecule has 6 heteroatoms. The van der Waals surface area contributed by atoms with Crippen LogP contribution in [-0.4, -0.2) is 21.7 Å². The van der Waals surface area contributed by atoms with Gasteiger partial charge in [0.1, 0.15) is 5.54 Å². The second-order valence-electron chi connectivity index (χ2n) is 6.06. The quantitative estimate of drug-likeness (QED) is 0.750. The van der Waals surface area contributed by atoms with Crippen LogP contribution in [0.2, 0.25) is 0 Å². The number of halogens is 3. The van der Waals surface area contributed by atoms with Crippen LogP contribution >= 0.6 is 0 Å². The van der Waals surface area contributed by atoms with Gasteiger partial charge in [0.2, 0.25) is 0 Å². The topological polar surface area (TPSA) is 37.8 Å². The van der Waals surface area contributed by atoms with Gasteiger partial charge in [-0.3, -0.25) is 9.97 Å². The lowest BCUT2D eigenvalue weighted by molar-refractivity contribution is -0.151. The fraction of sp³-hybridized carbons (Fsp3) is 0.222. The van der Waals surface area contributed by atoms with Crippen molar-refractivity contribution < 1.29 is 13.2 Å². The number of benzene rings is 1. The first kappa shape index (κ1) is 14.9. The smallest absolute Gasteiger partial charge is 0.371 e. The van der Waals surface area contributed by atoms with Gasteiger partial charge in [0.05, 0.1) is 0 Å². The van der Waals surface area contributed by atoms with Gasteiger partial charge in [0.25, 0.3) is 0 Å². The molecule has 0 saturated heterocycles. The van der Waals surface area contributed by atoms with Gasteiger partial charge in [0.15, 0.2) is 0 Å². The maximum atomic E-state index is 13.3. The van der Waals surface area contributed by atoms with E-state index in [2.05, 4.69) is 15.3 Å². The number of nitrogens with one attached hydrogen (secondary N) is 1. The molecule has 1 saturated carbocycles. The summed E-state index contributed by atoms with van der Waals surface area (Å²) in [6.45, 7) is 0. The molecule has 1 N–H and O–H groups in total. The van der Waals surface area contributed by atoms with Crippen molar-refractivity contribution in [2.24, 2.45) is 0 Å². The summed E-state index contributed by atoms with van der Waals surface area (Å²) in [7, 11) is 0. The number of nitrogens with zero attached hydrogens (tertiary/aromatic N) is 2. The molecule has 0 atom stereocenters. The number of pyridine rings is 2. The molecule has 4 rings (SSSR count). The lowest BCUT2D eigenvalue weighted by atomic mass is 10.0. The lowest BCUT2D eigenvalue weighted by Gasteiger charge is -2.23. The molecule has 3 nitrogen and oxygen atoms in total. The first-order chi connectivity index (χ1) is 11.5. The molecule has 0 amide bonds. The van der Waals surface area contributed by atoms with Crippen LogP contribution in [0.5, 0.6) is 0 Å². The highest BCUT2D eigenvalue weighted by Crippen LogP contribution is 2.52. The predicted molar refractivity (Wildman–Crippen MR) is 86.6 cm³/mol. The molecule has 3 aromatic rings. The van der Waals surface area contributed by atoms with Crippen LogP contribution < -0.4 is 5.32 Å². The highest BCUT2D eigenvalue weighted by atomic mass is 19.4. The van der Waals surface area contributed by atoms with Crippen LogP contribution in [0.15, 0.2) is 55.1 Å². The van der Waals surface area contributed by atoms with Gasteiger partial charge in [-0.05, 0) is 54.3 Å². The monoisotopic (exact) mass is 329 g/mol. The largest absolute Gasteiger partial charge is 0.411 e. The standard InChI is InChI=1S/C18H14F3N3/c19-18(20,21)17(4-5-17)24-16-10-13(12-1-6-22-7-2-12)9-14-11-23-8-3-15(14)16/h1-3,6-11,24H,4-5H2. The van der Waals surface area contributed by atoms with Gasteiger partial charge in [0, 0.05) is 41.2 Å². The second kappa shape index (κ2) is 5.19. The van der Waals surface area contributed by atoms with Crippen LogP contribution in [0.25, 0.3) is 21.9 Å². The Morgan fingerprint density at radius 2 is 1.62 bits per heavy atom. The average Bonchev–Trinajstić information content (AvgIpc) is 3.36. The Balaban J connectivity index is 1.85. The Labute approximate surface area is 136 Å². The van der Waals surface area contributed by atoms with Crippen LogP contribution in [0, 0.1) is 0 Å². The summed E-state index contributed by atoms with van der Waals surface area (Å²) in [6.07, 6.45) is 2.51. The average molecular weight is 329 g/mol. The van der Waals surface area contributed by atoms with Gasteiger partial charge in [-0.1, -0.05) is 0 Å². The number of hydrogen-bond donors (Lipinski definition) is 1. The van der Waals surface area contributed by atoms with E-state index >= 15 is 0 Å². The lowest BCUT2D eigenvalue weighted by Crippen LogP contribution is -2.38. The Kier molecular flexibility index (Phi) is 3.23. The van der Waals surface area contributed by atoms with E-state index in [0.29, 0.717) is 5.69 Å². The zero-order valence-electron chi connectivity index (χ0n) is 12.6. The molecular formula is C18H14F3N3. The van der Waals surface area contributed by atoms with E-state index in [-0.39, 0.29) is 12.8 Å². The summed E-state index contributed by atoms with van der Waals surface area (Å²) in [5, 5.41) is 4.29. The van der Waals surface area contributed by atoms with Crippen molar-refractivity contribution in [2.75, 3.05) is 5.32 Å². The van der Waals surface area contributed by atoms with Crippen LogP contribution in [-0.2, 0) is 0 Å². The first-order valence-electron chi connectivity index (χ1n) is 7.62. The van der Waals surface area contributed by atoms with Gasteiger partial charge in [-0.25, -0.2) is 0 Å². The van der Waals surface area contributed by atoms with E-state index in [4.69, 9.17) is 0 Å². The third kappa shape index (κ3) is 2.48. The summed E-state index contributed by atoms with van der Waals surface area (Å²) >= 11 is 0. The number of anilines is 1. The Morgan fingerprint density at radius 3 is 2.29 bits per heavy atom. The van der Waals surface area contributed by atoms with E-state index in [1.54, 1.807) is 36.9 Å². The third-order valence-corrected chi connectivity index (χ3v) is 4.43. The fourth-order valence-corrected chi connectivity index (χ4v) is 2.89. The number of rotatable bonds is 3. The van der Waals surface area contributed by atoms with Crippen LogP contribution in [0.1, 0.15) is 12.8 Å². The fourth-order valence-electron chi connectivity index (χ4n) is 2.89. The Hall–Kier alpha value is -2.63. The van der Waals surface area contributed by atoms with E-state index in [9.17, 15) is 13.2 Å². The molecule has 122 valence electrons. The predicted octanol–water partition coefficient (Wildman–Crippen LogP) is 4.80. The SMILES string of the molecule is FC(F)(F)C1(Nc2cc(-c3ccncc3)cc3cnccc23)CC1. The number of hydrogen-bond acceptors (Lipinski definition) is 3. The molecule has 1 aromatic carbocycles. The van der Waals surface area contributed by atoms with Crippen molar-refractivity contribution in [1.29, 1.82) is 0 Å². The van der Waals surface area contributed by atoms with Gasteiger partial charge in [-0.2, -0.15) is 13.2 Å². The van der Waals surface area contributed by atoms with E-state index in [1.807, 2.05) is 18.2 Å². The molecule has 2 aromatic heterocycles. The van der Waals surface area contributed by atoms with E-state index < -0.39 is 11.7 Å². The molecule has 2 heterocycles. The zero-order chi connectivity index (χ0) is 16.8. The van der Waals surface area contributed by atoms with E-state index in [0.717, 1.165) is 21.9 Å². The molecule has 1 fully saturated rings. The molecule has 0 unspecified atom stereocenters. The summed E-state index contributed by atoms with van der Waals surface area (Å²) < 4.78 is 40.0. The Bertz CT molecular complexity index is 887. The molecule has 1 aliphatic carbocycles. The van der Waals surface area contributed by atoms with Crippen molar-refractivity contribution in [1.82, 2.24) is 9.97 Å². The van der Waals surface area contributed by atoms with Crippen LogP contribution in [0.3, 0.4) is 0 Å². The van der Waals surface area contributed by atoms with E-state index in [1.165, 1.54) is 0 Å². The summed E-state index contributed by atoms with van der Waals surface area (Å²) in [5.74, 6) is 0. The maximum absolute atomic E-state index is 13.3.